The molecule has 0 spiro atoms. The normalized spacial score (nSPS) is 33.5. The topological polar surface area (TPSA) is 23.5 Å². The number of hydrogen-bond acceptors (Lipinski definition) is 2. The second-order valence-corrected chi connectivity index (χ2v) is 4.39. The van der Waals surface area contributed by atoms with Crippen LogP contribution in [-0.4, -0.2) is 30.1 Å². The third-order valence-corrected chi connectivity index (χ3v) is 3.19. The first kappa shape index (κ1) is 9.69. The van der Waals surface area contributed by atoms with E-state index >= 15 is 0 Å². The Kier molecular flexibility index (Phi) is 2.33. The summed E-state index contributed by atoms with van der Waals surface area (Å²) in [5.41, 5.74) is 0.382. The van der Waals surface area contributed by atoms with Crippen LogP contribution < -0.4 is 0 Å². The van der Waals surface area contributed by atoms with Crippen LogP contribution in [0.4, 0.5) is 0 Å². The maximum Gasteiger partial charge on any atom is 0.106 e. The molecule has 1 heterocycles. The Labute approximate surface area is 85.2 Å². The molecule has 2 rings (SSSR count). The molecule has 0 saturated carbocycles. The minimum atomic E-state index is -0.657. The average Bonchev–Trinajstić information content (AvgIpc) is 2.43. The highest BCUT2D eigenvalue weighted by atomic mass is 16.3. The van der Waals surface area contributed by atoms with E-state index < -0.39 is 5.60 Å². The standard InChI is InChI=1S/C12H17NO/c1-10-8-13(2)9-12(10,14)11-6-4-3-5-7-11/h3-7,10,14H,8-9H2,1-2H3/t10-,12+/m1/s1. The lowest BCUT2D eigenvalue weighted by Crippen LogP contribution is -2.33. The Bertz CT molecular complexity index is 311. The van der Waals surface area contributed by atoms with E-state index in [1.165, 1.54) is 0 Å². The molecule has 2 nitrogen and oxygen atoms in total. The van der Waals surface area contributed by atoms with Crippen LogP contribution in [0.1, 0.15) is 12.5 Å². The van der Waals surface area contributed by atoms with E-state index in [1.54, 1.807) is 0 Å². The van der Waals surface area contributed by atoms with Crippen molar-refractivity contribution in [3.8, 4) is 0 Å². The Morgan fingerprint density at radius 3 is 2.50 bits per heavy atom. The van der Waals surface area contributed by atoms with Gasteiger partial charge in [-0.2, -0.15) is 0 Å². The predicted octanol–water partition coefficient (Wildman–Crippen LogP) is 1.46. The molecule has 76 valence electrons. The van der Waals surface area contributed by atoms with E-state index in [4.69, 9.17) is 0 Å². The zero-order chi connectivity index (χ0) is 10.2. The Hall–Kier alpha value is -0.860. The molecule has 1 aromatic rings. The summed E-state index contributed by atoms with van der Waals surface area (Å²) in [7, 11) is 2.05. The molecule has 0 unspecified atom stereocenters. The highest BCUT2D eigenvalue weighted by Crippen LogP contribution is 2.35. The van der Waals surface area contributed by atoms with Gasteiger partial charge in [-0.05, 0) is 12.6 Å². The molecule has 14 heavy (non-hydrogen) atoms. The maximum atomic E-state index is 10.6. The summed E-state index contributed by atoms with van der Waals surface area (Å²) >= 11 is 0. The lowest BCUT2D eigenvalue weighted by atomic mass is 9.85. The summed E-state index contributed by atoms with van der Waals surface area (Å²) < 4.78 is 0. The highest BCUT2D eigenvalue weighted by Gasteiger charge is 2.42. The van der Waals surface area contributed by atoms with Gasteiger partial charge in [-0.3, -0.25) is 0 Å². The maximum absolute atomic E-state index is 10.6. The molecular formula is C12H17NO. The number of hydrogen-bond donors (Lipinski definition) is 1. The van der Waals surface area contributed by atoms with Gasteiger partial charge in [0.1, 0.15) is 5.60 Å². The van der Waals surface area contributed by atoms with Crippen LogP contribution in [0.25, 0.3) is 0 Å². The van der Waals surface area contributed by atoms with Crippen molar-refractivity contribution in [2.45, 2.75) is 12.5 Å². The molecule has 0 aliphatic carbocycles. The molecule has 0 aromatic heterocycles. The van der Waals surface area contributed by atoms with Crippen molar-refractivity contribution in [3.63, 3.8) is 0 Å². The van der Waals surface area contributed by atoms with Gasteiger partial charge < -0.3 is 10.0 Å². The SMILES string of the molecule is C[C@@H]1CN(C)C[C@@]1(O)c1ccccc1. The number of β-amino-alcohol motifs (C(OH)–C–C–N with tert-alkyl or cyclic N) is 1. The molecule has 2 atom stereocenters. The molecule has 2 heteroatoms. The zero-order valence-electron chi connectivity index (χ0n) is 8.77. The van der Waals surface area contributed by atoms with E-state index in [9.17, 15) is 5.11 Å². The van der Waals surface area contributed by atoms with Crippen LogP contribution in [-0.2, 0) is 5.60 Å². The molecule has 1 fully saturated rings. The molecule has 1 N–H and O–H groups in total. The quantitative estimate of drug-likeness (QED) is 0.726. The van der Waals surface area contributed by atoms with Gasteiger partial charge >= 0.3 is 0 Å². The Morgan fingerprint density at radius 2 is 2.00 bits per heavy atom. The lowest BCUT2D eigenvalue weighted by molar-refractivity contribution is 0.0146. The summed E-state index contributed by atoms with van der Waals surface area (Å²) in [5.74, 6) is 0.301. The first-order valence-corrected chi connectivity index (χ1v) is 5.09. The van der Waals surface area contributed by atoms with Crippen LogP contribution in [0, 0.1) is 5.92 Å². The van der Waals surface area contributed by atoms with Crippen molar-refractivity contribution in [3.05, 3.63) is 35.9 Å². The summed E-state index contributed by atoms with van der Waals surface area (Å²) in [4.78, 5) is 2.18. The Balaban J connectivity index is 2.33. The number of rotatable bonds is 1. The summed E-state index contributed by atoms with van der Waals surface area (Å²) in [6, 6.07) is 9.97. The highest BCUT2D eigenvalue weighted by molar-refractivity contribution is 5.25. The van der Waals surface area contributed by atoms with Crippen LogP contribution in [0.5, 0.6) is 0 Å². The van der Waals surface area contributed by atoms with E-state index in [0.29, 0.717) is 5.92 Å². The van der Waals surface area contributed by atoms with Crippen LogP contribution in [0.3, 0.4) is 0 Å². The molecule has 0 bridgehead atoms. The molecular weight excluding hydrogens is 174 g/mol. The number of aliphatic hydroxyl groups is 1. The number of benzene rings is 1. The van der Waals surface area contributed by atoms with Crippen molar-refractivity contribution in [2.24, 2.45) is 5.92 Å². The van der Waals surface area contributed by atoms with E-state index in [-0.39, 0.29) is 0 Å². The third-order valence-electron chi connectivity index (χ3n) is 3.19. The molecule has 1 saturated heterocycles. The van der Waals surface area contributed by atoms with Gasteiger partial charge in [0.05, 0.1) is 0 Å². The largest absolute Gasteiger partial charge is 0.383 e. The van der Waals surface area contributed by atoms with Gasteiger partial charge in [-0.15, -0.1) is 0 Å². The fraction of sp³-hybridized carbons (Fsp3) is 0.500. The number of nitrogens with zero attached hydrogens (tertiary/aromatic N) is 1. The molecule has 1 aromatic carbocycles. The van der Waals surface area contributed by atoms with Crippen LogP contribution in [0.2, 0.25) is 0 Å². The molecule has 1 aliphatic rings. The molecule has 1 aliphatic heterocycles. The van der Waals surface area contributed by atoms with Gasteiger partial charge in [0, 0.05) is 19.0 Å². The van der Waals surface area contributed by atoms with E-state index in [2.05, 4.69) is 18.9 Å². The first-order valence-electron chi connectivity index (χ1n) is 5.09. The summed E-state index contributed by atoms with van der Waals surface area (Å²) in [6.45, 7) is 3.81. The van der Waals surface area contributed by atoms with Gasteiger partial charge in [0.2, 0.25) is 0 Å². The summed E-state index contributed by atoms with van der Waals surface area (Å²) in [5, 5.41) is 10.6. The Morgan fingerprint density at radius 1 is 1.36 bits per heavy atom. The van der Waals surface area contributed by atoms with Gasteiger partial charge in [0.15, 0.2) is 0 Å². The first-order chi connectivity index (χ1) is 6.63. The van der Waals surface area contributed by atoms with E-state index in [0.717, 1.165) is 18.7 Å². The monoisotopic (exact) mass is 191 g/mol. The van der Waals surface area contributed by atoms with Gasteiger partial charge in [-0.1, -0.05) is 37.3 Å². The van der Waals surface area contributed by atoms with E-state index in [1.807, 2.05) is 30.3 Å². The molecule has 0 radical (unpaired) electrons. The number of likely N-dealkylation sites (N-methyl/N-ethyl adjacent to an activating group) is 1. The van der Waals surface area contributed by atoms with Crippen molar-refractivity contribution < 1.29 is 5.11 Å². The smallest absolute Gasteiger partial charge is 0.106 e. The number of likely N-dealkylation sites (tertiary alicyclic amines) is 1. The fourth-order valence-corrected chi connectivity index (χ4v) is 2.35. The minimum Gasteiger partial charge on any atom is -0.383 e. The van der Waals surface area contributed by atoms with Crippen LogP contribution >= 0.6 is 0 Å². The third kappa shape index (κ3) is 1.45. The van der Waals surface area contributed by atoms with Crippen molar-refractivity contribution in [1.29, 1.82) is 0 Å². The van der Waals surface area contributed by atoms with Gasteiger partial charge in [0.25, 0.3) is 0 Å². The predicted molar refractivity (Wildman–Crippen MR) is 57.0 cm³/mol. The second-order valence-electron chi connectivity index (χ2n) is 4.39. The summed E-state index contributed by atoms with van der Waals surface area (Å²) in [6.07, 6.45) is 0. The zero-order valence-corrected chi connectivity index (χ0v) is 8.77. The van der Waals surface area contributed by atoms with Crippen molar-refractivity contribution in [2.75, 3.05) is 20.1 Å². The second kappa shape index (κ2) is 3.37. The van der Waals surface area contributed by atoms with Crippen molar-refractivity contribution >= 4 is 0 Å². The lowest BCUT2D eigenvalue weighted by Gasteiger charge is -2.27. The average molecular weight is 191 g/mol. The molecule has 0 amide bonds. The fourth-order valence-electron chi connectivity index (χ4n) is 2.35. The van der Waals surface area contributed by atoms with Crippen molar-refractivity contribution in [1.82, 2.24) is 4.90 Å². The van der Waals surface area contributed by atoms with Gasteiger partial charge in [-0.25, -0.2) is 0 Å². The van der Waals surface area contributed by atoms with Crippen LogP contribution in [0.15, 0.2) is 30.3 Å². The minimum absolute atomic E-state index is 0.301.